The van der Waals surface area contributed by atoms with Gasteiger partial charge in [0.2, 0.25) is 0 Å². The SMILES string of the molecule is OC1CCC([Te]CCNCC[Te]C2CCC(O)CC2)CC1. The molecule has 0 spiro atoms. The molecule has 3 nitrogen and oxygen atoms in total. The molecule has 0 aromatic carbocycles. The van der Waals surface area contributed by atoms with Crippen molar-refractivity contribution in [2.24, 2.45) is 0 Å². The van der Waals surface area contributed by atoms with Gasteiger partial charge in [0.25, 0.3) is 0 Å². The second-order valence-electron chi connectivity index (χ2n) is 6.35. The average Bonchev–Trinajstić information content (AvgIpc) is 2.50. The van der Waals surface area contributed by atoms with E-state index in [1.807, 2.05) is 0 Å². The fourth-order valence-corrected chi connectivity index (χ4v) is 10.00. The Morgan fingerprint density at radius 3 is 1.43 bits per heavy atom. The fourth-order valence-electron chi connectivity index (χ4n) is 3.14. The standard InChI is InChI=1S/C16H31NO2Te2/c18-13-1-5-15(6-2-13)20-11-9-17-10-12-21-16-7-3-14(19)4-8-16/h13-19H,1-12H2. The molecule has 0 aromatic rings. The summed E-state index contributed by atoms with van der Waals surface area (Å²) < 4.78 is 4.87. The number of hydrogen-bond acceptors (Lipinski definition) is 3. The Morgan fingerprint density at radius 2 is 1.05 bits per heavy atom. The molecule has 3 N–H and O–H groups in total. The number of aliphatic hydroxyl groups excluding tert-OH is 2. The van der Waals surface area contributed by atoms with E-state index in [1.54, 1.807) is 0 Å². The normalized spacial score (nSPS) is 34.0. The zero-order valence-corrected chi connectivity index (χ0v) is 17.7. The molecule has 124 valence electrons. The van der Waals surface area contributed by atoms with Crippen LogP contribution in [0.25, 0.3) is 0 Å². The molecule has 0 unspecified atom stereocenters. The molecule has 21 heavy (non-hydrogen) atoms. The summed E-state index contributed by atoms with van der Waals surface area (Å²) in [7, 11) is 0. The Kier molecular flexibility index (Phi) is 9.92. The first-order valence-electron chi connectivity index (χ1n) is 8.54. The molecule has 2 saturated carbocycles. The van der Waals surface area contributed by atoms with Gasteiger partial charge in [0.05, 0.1) is 0 Å². The molecule has 0 aromatic heterocycles. The Labute approximate surface area is 150 Å². The van der Waals surface area contributed by atoms with Crippen LogP contribution >= 0.6 is 0 Å². The van der Waals surface area contributed by atoms with E-state index >= 15 is 0 Å². The van der Waals surface area contributed by atoms with E-state index in [0.717, 1.165) is 33.6 Å². The van der Waals surface area contributed by atoms with Gasteiger partial charge in [-0.1, -0.05) is 0 Å². The number of nitrogens with one attached hydrogen (secondary N) is 1. The van der Waals surface area contributed by atoms with Crippen LogP contribution in [-0.2, 0) is 0 Å². The molecule has 5 heteroatoms. The van der Waals surface area contributed by atoms with E-state index in [0.29, 0.717) is 0 Å². The van der Waals surface area contributed by atoms with Crippen LogP contribution in [0, 0.1) is 0 Å². The topological polar surface area (TPSA) is 52.5 Å². The first-order valence-corrected chi connectivity index (χ1v) is 14.5. The first kappa shape index (κ1) is 18.8. The fraction of sp³-hybridized carbons (Fsp3) is 1.00. The third kappa shape index (κ3) is 8.21. The van der Waals surface area contributed by atoms with Crippen molar-refractivity contribution in [3.63, 3.8) is 0 Å². The van der Waals surface area contributed by atoms with Crippen molar-refractivity contribution in [2.45, 2.75) is 80.4 Å². The monoisotopic (exact) mass is 529 g/mol. The summed E-state index contributed by atoms with van der Waals surface area (Å²) in [6.07, 6.45) is 9.44. The van der Waals surface area contributed by atoms with Gasteiger partial charge in [-0.3, -0.25) is 0 Å². The van der Waals surface area contributed by atoms with E-state index < -0.39 is 0 Å². The van der Waals surface area contributed by atoms with Gasteiger partial charge in [0.15, 0.2) is 0 Å². The van der Waals surface area contributed by atoms with Gasteiger partial charge in [0.1, 0.15) is 0 Å². The predicted molar refractivity (Wildman–Crippen MR) is 90.4 cm³/mol. The summed E-state index contributed by atoms with van der Waals surface area (Å²) in [5.41, 5.74) is 0. The van der Waals surface area contributed by atoms with Crippen LogP contribution in [-0.4, -0.2) is 77.4 Å². The van der Waals surface area contributed by atoms with E-state index in [9.17, 15) is 10.2 Å². The van der Waals surface area contributed by atoms with Gasteiger partial charge in [-0.25, -0.2) is 0 Å². The molecule has 0 heterocycles. The number of rotatable bonds is 8. The molecular weight excluding hydrogens is 493 g/mol. The number of aliphatic hydroxyl groups is 2. The molecule has 2 rings (SSSR count). The molecule has 2 aliphatic rings. The van der Waals surface area contributed by atoms with Crippen molar-refractivity contribution in [2.75, 3.05) is 13.1 Å². The van der Waals surface area contributed by atoms with Gasteiger partial charge >= 0.3 is 151 Å². The van der Waals surface area contributed by atoms with Crippen LogP contribution in [0.15, 0.2) is 0 Å². The van der Waals surface area contributed by atoms with Crippen LogP contribution in [0.4, 0.5) is 0 Å². The predicted octanol–water partition coefficient (Wildman–Crippen LogP) is 2.27. The third-order valence-electron chi connectivity index (χ3n) is 4.55. The van der Waals surface area contributed by atoms with Crippen molar-refractivity contribution < 1.29 is 10.2 Å². The maximum absolute atomic E-state index is 9.51. The number of hydrogen-bond donors (Lipinski definition) is 3. The molecule has 2 fully saturated rings. The van der Waals surface area contributed by atoms with Crippen molar-refractivity contribution in [3.8, 4) is 0 Å². The Morgan fingerprint density at radius 1 is 0.667 bits per heavy atom. The molecule has 0 radical (unpaired) electrons. The van der Waals surface area contributed by atoms with Gasteiger partial charge in [-0.2, -0.15) is 0 Å². The Balaban J connectivity index is 1.37. The maximum atomic E-state index is 9.51. The molecule has 2 aliphatic carbocycles. The summed E-state index contributed by atoms with van der Waals surface area (Å²) in [4.78, 5) is 0. The molecule has 0 bridgehead atoms. The summed E-state index contributed by atoms with van der Waals surface area (Å²) in [6.45, 7) is 2.47. The van der Waals surface area contributed by atoms with Crippen molar-refractivity contribution in [1.82, 2.24) is 5.32 Å². The van der Waals surface area contributed by atoms with Gasteiger partial charge in [-0.05, 0) is 0 Å². The van der Waals surface area contributed by atoms with Gasteiger partial charge in [0, 0.05) is 0 Å². The van der Waals surface area contributed by atoms with Gasteiger partial charge in [-0.15, -0.1) is 0 Å². The van der Waals surface area contributed by atoms with Crippen LogP contribution in [0.3, 0.4) is 0 Å². The van der Waals surface area contributed by atoms with E-state index in [1.165, 1.54) is 47.7 Å². The van der Waals surface area contributed by atoms with Crippen LogP contribution in [0.5, 0.6) is 0 Å². The minimum atomic E-state index is 0.0115. The summed E-state index contributed by atoms with van der Waals surface area (Å²) in [5, 5.41) is 22.7. The molecule has 0 saturated heterocycles. The van der Waals surface area contributed by atoms with Crippen molar-refractivity contribution >= 4 is 41.8 Å². The zero-order chi connectivity index (χ0) is 14.9. The average molecular weight is 525 g/mol. The Hall–Kier alpha value is 1.46. The second kappa shape index (κ2) is 11.1. The third-order valence-corrected chi connectivity index (χ3v) is 12.4. The van der Waals surface area contributed by atoms with Crippen LogP contribution < -0.4 is 5.32 Å². The van der Waals surface area contributed by atoms with E-state index in [4.69, 9.17) is 0 Å². The zero-order valence-electron chi connectivity index (χ0n) is 13.0. The molecule has 0 amide bonds. The first-order chi connectivity index (χ1) is 10.2. The van der Waals surface area contributed by atoms with Crippen LogP contribution in [0.2, 0.25) is 16.9 Å². The van der Waals surface area contributed by atoms with Crippen LogP contribution in [0.1, 0.15) is 51.4 Å². The van der Waals surface area contributed by atoms with Gasteiger partial charge < -0.3 is 0 Å². The van der Waals surface area contributed by atoms with E-state index in [2.05, 4.69) is 5.32 Å². The quantitative estimate of drug-likeness (QED) is 0.338. The molecule has 0 aliphatic heterocycles. The van der Waals surface area contributed by atoms with E-state index in [-0.39, 0.29) is 54.1 Å². The summed E-state index contributed by atoms with van der Waals surface area (Å²) in [5.74, 6) is 0. The summed E-state index contributed by atoms with van der Waals surface area (Å²) in [6, 6.07) is 0. The van der Waals surface area contributed by atoms with Crippen molar-refractivity contribution in [1.29, 1.82) is 0 Å². The minimum absolute atomic E-state index is 0.0115. The second-order valence-corrected chi connectivity index (χ2v) is 14.4. The summed E-state index contributed by atoms with van der Waals surface area (Å²) >= 11 is 0.346. The van der Waals surface area contributed by atoms with Crippen molar-refractivity contribution in [3.05, 3.63) is 0 Å². The Bertz CT molecular complexity index is 239. The molecule has 0 atom stereocenters. The molecular formula is C16H31NO2Te2.